The van der Waals surface area contributed by atoms with Crippen LogP contribution in [0, 0.1) is 11.3 Å². The summed E-state index contributed by atoms with van der Waals surface area (Å²) in [5.41, 5.74) is 6.71. The molecule has 6 heteroatoms. The van der Waals surface area contributed by atoms with Crippen molar-refractivity contribution in [2.75, 3.05) is 13.2 Å². The fourth-order valence-corrected chi connectivity index (χ4v) is 3.70. The number of amides is 1. The van der Waals surface area contributed by atoms with Crippen LogP contribution in [0.1, 0.15) is 40.3 Å². The van der Waals surface area contributed by atoms with Crippen molar-refractivity contribution < 1.29 is 15.1 Å². The third-order valence-corrected chi connectivity index (χ3v) is 5.05. The third-order valence-electron chi connectivity index (χ3n) is 5.05. The van der Waals surface area contributed by atoms with E-state index in [0.717, 1.165) is 24.0 Å². The third kappa shape index (κ3) is 4.65. The standard InChI is InChI=1S/C22H23N3O3/c23-14-17-1-3-18(4-2-17)15-25(11-12-26)21-9-7-19-13-16(5-8-20(19)21)6-10-22(27)24-28/h1-6,8,10,13,21,26,28H,7,9,11-12,15H2,(H,24,27)/b10-6+. The highest BCUT2D eigenvalue weighted by molar-refractivity contribution is 5.90. The van der Waals surface area contributed by atoms with E-state index in [1.807, 2.05) is 30.3 Å². The zero-order chi connectivity index (χ0) is 19.9. The molecule has 0 fully saturated rings. The van der Waals surface area contributed by atoms with E-state index < -0.39 is 5.91 Å². The molecular weight excluding hydrogens is 354 g/mol. The summed E-state index contributed by atoms with van der Waals surface area (Å²) in [5.74, 6) is -0.560. The van der Waals surface area contributed by atoms with Crippen LogP contribution in [-0.2, 0) is 17.8 Å². The number of carbonyl (C=O) groups excluding carboxylic acids is 1. The van der Waals surface area contributed by atoms with Crippen LogP contribution in [0.25, 0.3) is 6.08 Å². The van der Waals surface area contributed by atoms with Gasteiger partial charge in [-0.15, -0.1) is 0 Å². The molecule has 0 radical (unpaired) electrons. The zero-order valence-electron chi connectivity index (χ0n) is 15.5. The normalized spacial score (nSPS) is 15.6. The number of benzene rings is 2. The highest BCUT2D eigenvalue weighted by Crippen LogP contribution is 2.37. The quantitative estimate of drug-likeness (QED) is 0.391. The number of fused-ring (bicyclic) bond motifs is 1. The van der Waals surface area contributed by atoms with Crippen LogP contribution in [0.15, 0.2) is 48.5 Å². The molecule has 2 aromatic rings. The van der Waals surface area contributed by atoms with E-state index in [9.17, 15) is 9.90 Å². The minimum absolute atomic E-state index is 0.0825. The molecule has 144 valence electrons. The van der Waals surface area contributed by atoms with Crippen LogP contribution in [0.2, 0.25) is 0 Å². The highest BCUT2D eigenvalue weighted by atomic mass is 16.5. The summed E-state index contributed by atoms with van der Waals surface area (Å²) < 4.78 is 0. The molecule has 1 aliphatic rings. The van der Waals surface area contributed by atoms with Gasteiger partial charge in [0.2, 0.25) is 0 Å². The molecule has 0 spiro atoms. The Labute approximate surface area is 164 Å². The molecule has 1 aliphatic carbocycles. The Morgan fingerprint density at radius 2 is 2.07 bits per heavy atom. The van der Waals surface area contributed by atoms with Crippen molar-refractivity contribution in [2.24, 2.45) is 0 Å². The second kappa shape index (κ2) is 9.29. The predicted octanol–water partition coefficient (Wildman–Crippen LogP) is 2.56. The van der Waals surface area contributed by atoms with Crippen molar-refractivity contribution in [1.82, 2.24) is 10.4 Å². The lowest BCUT2D eigenvalue weighted by molar-refractivity contribution is -0.124. The van der Waals surface area contributed by atoms with Crippen LogP contribution in [0.5, 0.6) is 0 Å². The van der Waals surface area contributed by atoms with E-state index >= 15 is 0 Å². The summed E-state index contributed by atoms with van der Waals surface area (Å²) in [4.78, 5) is 13.4. The largest absolute Gasteiger partial charge is 0.395 e. The highest BCUT2D eigenvalue weighted by Gasteiger charge is 2.27. The van der Waals surface area contributed by atoms with Gasteiger partial charge in [0.15, 0.2) is 0 Å². The minimum atomic E-state index is -0.560. The van der Waals surface area contributed by atoms with Gasteiger partial charge >= 0.3 is 0 Å². The summed E-state index contributed by atoms with van der Waals surface area (Å²) in [6.45, 7) is 1.36. The molecule has 0 heterocycles. The van der Waals surface area contributed by atoms with Crippen molar-refractivity contribution in [3.05, 3.63) is 76.4 Å². The topological polar surface area (TPSA) is 96.6 Å². The molecule has 3 rings (SSSR count). The molecule has 28 heavy (non-hydrogen) atoms. The van der Waals surface area contributed by atoms with Gasteiger partial charge in [0.25, 0.3) is 5.91 Å². The molecule has 1 amide bonds. The first-order valence-electron chi connectivity index (χ1n) is 9.23. The second-order valence-electron chi connectivity index (χ2n) is 6.82. The maximum atomic E-state index is 11.2. The van der Waals surface area contributed by atoms with Crippen LogP contribution in [-0.4, -0.2) is 34.3 Å². The Morgan fingerprint density at radius 1 is 1.29 bits per heavy atom. The molecule has 0 saturated carbocycles. The smallest absolute Gasteiger partial charge is 0.267 e. The van der Waals surface area contributed by atoms with Gasteiger partial charge < -0.3 is 5.11 Å². The van der Waals surface area contributed by atoms with Crippen molar-refractivity contribution in [1.29, 1.82) is 5.26 Å². The fourth-order valence-electron chi connectivity index (χ4n) is 3.70. The lowest BCUT2D eigenvalue weighted by atomic mass is 10.0. The number of hydrogen-bond acceptors (Lipinski definition) is 5. The Bertz CT molecular complexity index is 900. The number of nitriles is 1. The number of hydroxylamine groups is 1. The van der Waals surface area contributed by atoms with E-state index in [1.165, 1.54) is 17.2 Å². The second-order valence-corrected chi connectivity index (χ2v) is 6.82. The van der Waals surface area contributed by atoms with Crippen molar-refractivity contribution in [2.45, 2.75) is 25.4 Å². The van der Waals surface area contributed by atoms with Gasteiger partial charge in [-0.25, -0.2) is 5.48 Å². The number of aryl methyl sites for hydroxylation is 1. The van der Waals surface area contributed by atoms with Crippen LogP contribution in [0.3, 0.4) is 0 Å². The summed E-state index contributed by atoms with van der Waals surface area (Å²) >= 11 is 0. The first-order valence-corrected chi connectivity index (χ1v) is 9.23. The Morgan fingerprint density at radius 3 is 2.75 bits per heavy atom. The lowest BCUT2D eigenvalue weighted by Crippen LogP contribution is -2.30. The average molecular weight is 377 g/mol. The predicted molar refractivity (Wildman–Crippen MR) is 105 cm³/mol. The number of carbonyl (C=O) groups is 1. The van der Waals surface area contributed by atoms with E-state index in [0.29, 0.717) is 18.7 Å². The summed E-state index contributed by atoms with van der Waals surface area (Å²) in [5, 5.41) is 27.1. The van der Waals surface area contributed by atoms with E-state index in [1.54, 1.807) is 11.6 Å². The van der Waals surface area contributed by atoms with Crippen molar-refractivity contribution in [3.8, 4) is 6.07 Å². The SMILES string of the molecule is N#Cc1ccc(CN(CCO)C2CCc3cc(/C=C/C(=O)NO)ccc32)cc1. The zero-order valence-corrected chi connectivity index (χ0v) is 15.5. The summed E-state index contributed by atoms with van der Waals surface area (Å²) in [6, 6.07) is 16.0. The monoisotopic (exact) mass is 377 g/mol. The molecule has 2 aromatic carbocycles. The molecule has 3 N–H and O–H groups in total. The fraction of sp³-hybridized carbons (Fsp3) is 0.273. The summed E-state index contributed by atoms with van der Waals surface area (Å²) in [7, 11) is 0. The number of nitrogens with zero attached hydrogens (tertiary/aromatic N) is 2. The van der Waals surface area contributed by atoms with Crippen LogP contribution < -0.4 is 5.48 Å². The van der Waals surface area contributed by atoms with Crippen LogP contribution in [0.4, 0.5) is 0 Å². The van der Waals surface area contributed by atoms with Gasteiger partial charge in [-0.1, -0.05) is 30.3 Å². The molecule has 6 nitrogen and oxygen atoms in total. The molecule has 0 bridgehead atoms. The molecule has 0 saturated heterocycles. The van der Waals surface area contributed by atoms with Gasteiger partial charge in [0.1, 0.15) is 0 Å². The molecule has 0 aliphatic heterocycles. The van der Waals surface area contributed by atoms with E-state index in [4.69, 9.17) is 10.5 Å². The van der Waals surface area contributed by atoms with Crippen LogP contribution >= 0.6 is 0 Å². The van der Waals surface area contributed by atoms with Gasteiger partial charge in [-0.3, -0.25) is 14.9 Å². The van der Waals surface area contributed by atoms with Crippen molar-refractivity contribution >= 4 is 12.0 Å². The van der Waals surface area contributed by atoms with Gasteiger partial charge in [-0.2, -0.15) is 5.26 Å². The summed E-state index contributed by atoms with van der Waals surface area (Å²) in [6.07, 6.45) is 4.86. The Kier molecular flexibility index (Phi) is 6.56. The maximum Gasteiger partial charge on any atom is 0.267 e. The van der Waals surface area contributed by atoms with Gasteiger partial charge in [0, 0.05) is 25.2 Å². The molecular formula is C22H23N3O3. The number of nitrogens with one attached hydrogen (secondary N) is 1. The average Bonchev–Trinajstić information content (AvgIpc) is 3.15. The van der Waals surface area contributed by atoms with Gasteiger partial charge in [-0.05, 0) is 53.3 Å². The van der Waals surface area contributed by atoms with E-state index in [2.05, 4.69) is 23.1 Å². The van der Waals surface area contributed by atoms with Crippen molar-refractivity contribution in [3.63, 3.8) is 0 Å². The number of rotatable bonds is 7. The molecule has 0 aromatic heterocycles. The maximum absolute atomic E-state index is 11.2. The van der Waals surface area contributed by atoms with Gasteiger partial charge in [0.05, 0.1) is 18.2 Å². The first-order chi connectivity index (χ1) is 13.6. The molecule has 1 atom stereocenters. The van der Waals surface area contributed by atoms with E-state index in [-0.39, 0.29) is 12.6 Å². The number of aliphatic hydroxyl groups excluding tert-OH is 1. The molecule has 1 unspecified atom stereocenters. The number of aliphatic hydroxyl groups is 1. The first kappa shape index (κ1) is 19.8. The minimum Gasteiger partial charge on any atom is -0.395 e. The Balaban J connectivity index is 1.77. The number of hydrogen-bond donors (Lipinski definition) is 3. The lowest BCUT2D eigenvalue weighted by Gasteiger charge is -2.29. The Hall–Kier alpha value is -2.98.